The summed E-state index contributed by atoms with van der Waals surface area (Å²) < 4.78 is 43.4. The Morgan fingerprint density at radius 2 is 1.92 bits per heavy atom. The van der Waals surface area contributed by atoms with Gasteiger partial charge in [0.15, 0.2) is 5.13 Å². The first kappa shape index (κ1) is 24.4. The van der Waals surface area contributed by atoms with Crippen LogP contribution in [-0.4, -0.2) is 47.0 Å². The SMILES string of the molecule is C[C@H](C(=O)N1CCC(O)(c2ccc(S(=O)(=O)Nc3nccs3)cc2)CC1)n1ccc2c(F)cccc21.[HH].[HH].[HH]. The number of aliphatic hydroxyl groups is 1. The maximum absolute atomic E-state index is 14.1. The third kappa shape index (κ3) is 4.49. The van der Waals surface area contributed by atoms with E-state index < -0.39 is 21.7 Å². The lowest BCUT2D eigenvalue weighted by Gasteiger charge is -2.39. The molecule has 11 heteroatoms. The molecule has 3 heterocycles. The lowest BCUT2D eigenvalue weighted by molar-refractivity contribution is -0.138. The molecule has 1 atom stereocenters. The molecule has 0 aliphatic carbocycles. The number of sulfonamides is 1. The Morgan fingerprint density at radius 3 is 2.58 bits per heavy atom. The number of piperidine rings is 1. The smallest absolute Gasteiger partial charge is 0.263 e. The fraction of sp³-hybridized carbons (Fsp3) is 0.280. The number of anilines is 1. The van der Waals surface area contributed by atoms with E-state index in [0.29, 0.717) is 42.4 Å². The molecule has 0 bridgehead atoms. The number of halogens is 1. The normalized spacial score (nSPS) is 16.7. The van der Waals surface area contributed by atoms with Gasteiger partial charge in [0.1, 0.15) is 11.9 Å². The Labute approximate surface area is 216 Å². The van der Waals surface area contributed by atoms with Gasteiger partial charge in [0.2, 0.25) is 5.91 Å². The predicted molar refractivity (Wildman–Crippen MR) is 142 cm³/mol. The Bertz CT molecular complexity index is 1510. The zero-order valence-electron chi connectivity index (χ0n) is 19.5. The summed E-state index contributed by atoms with van der Waals surface area (Å²) in [5.74, 6) is -0.430. The minimum Gasteiger partial charge on any atom is -0.385 e. The second kappa shape index (κ2) is 9.30. The summed E-state index contributed by atoms with van der Waals surface area (Å²) in [6.07, 6.45) is 3.86. The van der Waals surface area contributed by atoms with Gasteiger partial charge in [-0.15, -0.1) is 11.3 Å². The maximum atomic E-state index is 14.1. The molecule has 1 saturated heterocycles. The van der Waals surface area contributed by atoms with Crippen molar-refractivity contribution in [1.29, 1.82) is 0 Å². The number of hydrogen-bond donors (Lipinski definition) is 2. The predicted octanol–water partition coefficient (Wildman–Crippen LogP) is 4.85. The van der Waals surface area contributed by atoms with Gasteiger partial charge in [-0.3, -0.25) is 9.52 Å². The number of hydrogen-bond acceptors (Lipinski definition) is 6. The van der Waals surface area contributed by atoms with Crippen molar-refractivity contribution in [1.82, 2.24) is 14.5 Å². The van der Waals surface area contributed by atoms with Gasteiger partial charge >= 0.3 is 0 Å². The van der Waals surface area contributed by atoms with Crippen molar-refractivity contribution in [2.45, 2.75) is 36.3 Å². The molecule has 4 aromatic rings. The topological polar surface area (TPSA) is 105 Å². The number of benzene rings is 2. The van der Waals surface area contributed by atoms with Crippen LogP contribution < -0.4 is 4.72 Å². The highest BCUT2D eigenvalue weighted by Crippen LogP contribution is 2.34. The molecule has 1 fully saturated rings. The first-order valence-electron chi connectivity index (χ1n) is 11.5. The van der Waals surface area contributed by atoms with Crippen LogP contribution in [-0.2, 0) is 20.4 Å². The molecule has 1 aliphatic heterocycles. The Balaban J connectivity index is 0.00000178. The van der Waals surface area contributed by atoms with Crippen molar-refractivity contribution in [2.75, 3.05) is 17.8 Å². The summed E-state index contributed by atoms with van der Waals surface area (Å²) in [7, 11) is -3.78. The zero-order chi connectivity index (χ0) is 25.5. The second-order valence-corrected chi connectivity index (χ2v) is 11.5. The lowest BCUT2D eigenvalue weighted by atomic mass is 9.84. The monoisotopic (exact) mass is 534 g/mol. The molecular formula is C25H31FN4O4S2. The molecule has 8 nitrogen and oxygen atoms in total. The summed E-state index contributed by atoms with van der Waals surface area (Å²) in [6.45, 7) is 2.48. The molecule has 36 heavy (non-hydrogen) atoms. The van der Waals surface area contributed by atoms with Crippen LogP contribution in [0.25, 0.3) is 10.9 Å². The summed E-state index contributed by atoms with van der Waals surface area (Å²) in [5.41, 5.74) is 0.0837. The molecule has 194 valence electrons. The molecule has 1 aliphatic rings. The average Bonchev–Trinajstić information content (AvgIpc) is 3.54. The average molecular weight is 535 g/mol. The summed E-state index contributed by atoms with van der Waals surface area (Å²) in [6, 6.07) is 12.1. The Kier molecular flexibility index (Phi) is 6.31. The highest BCUT2D eigenvalue weighted by Gasteiger charge is 2.37. The number of nitrogens with one attached hydrogen (secondary N) is 1. The first-order valence-corrected chi connectivity index (χ1v) is 13.8. The van der Waals surface area contributed by atoms with Crippen LogP contribution in [0.5, 0.6) is 0 Å². The molecule has 2 N–H and O–H groups in total. The molecule has 5 rings (SSSR count). The van der Waals surface area contributed by atoms with E-state index in [4.69, 9.17) is 0 Å². The van der Waals surface area contributed by atoms with E-state index in [0.717, 1.165) is 0 Å². The van der Waals surface area contributed by atoms with E-state index in [1.54, 1.807) is 58.3 Å². The van der Waals surface area contributed by atoms with Crippen LogP contribution in [0.2, 0.25) is 0 Å². The quantitative estimate of drug-likeness (QED) is 0.368. The Hall–Kier alpha value is -3.28. The van der Waals surface area contributed by atoms with Crippen molar-refractivity contribution in [3.63, 3.8) is 0 Å². The van der Waals surface area contributed by atoms with Crippen molar-refractivity contribution in [3.8, 4) is 0 Å². The standard InChI is InChI=1S/C25H25FN4O4S2.3H2/c1-17(30-13-9-20-21(26)3-2-4-22(20)30)23(31)29-14-10-25(32,11-15-29)18-5-7-19(8-6-18)36(33,34)28-24-27-12-16-35-24;;;/h2-9,12-13,16-17,32H,10-11,14-15H2,1H3,(H,27,28);3*1H/t17-;;;/m1.../s1. The number of thiazole rings is 1. The van der Waals surface area contributed by atoms with Gasteiger partial charge < -0.3 is 14.6 Å². The van der Waals surface area contributed by atoms with Gasteiger partial charge in [0, 0.05) is 40.5 Å². The summed E-state index contributed by atoms with van der Waals surface area (Å²) in [4.78, 5) is 18.9. The number of amides is 1. The highest BCUT2D eigenvalue weighted by atomic mass is 32.2. The molecule has 2 aromatic carbocycles. The summed E-state index contributed by atoms with van der Waals surface area (Å²) in [5, 5.41) is 13.7. The van der Waals surface area contributed by atoms with Crippen LogP contribution in [0, 0.1) is 5.82 Å². The van der Waals surface area contributed by atoms with E-state index in [2.05, 4.69) is 9.71 Å². The van der Waals surface area contributed by atoms with E-state index in [-0.39, 0.29) is 26.0 Å². The number of aromatic nitrogens is 2. The largest absolute Gasteiger partial charge is 0.385 e. The van der Waals surface area contributed by atoms with Crippen LogP contribution in [0.1, 0.15) is 35.7 Å². The van der Waals surface area contributed by atoms with E-state index in [9.17, 15) is 22.7 Å². The van der Waals surface area contributed by atoms with Crippen molar-refractivity contribution >= 4 is 43.3 Å². The zero-order valence-corrected chi connectivity index (χ0v) is 21.1. The van der Waals surface area contributed by atoms with Crippen LogP contribution >= 0.6 is 11.3 Å². The van der Waals surface area contributed by atoms with Gasteiger partial charge in [-0.2, -0.15) is 0 Å². The molecule has 0 radical (unpaired) electrons. The minimum atomic E-state index is -3.78. The van der Waals surface area contributed by atoms with Gasteiger partial charge in [0.25, 0.3) is 10.0 Å². The van der Waals surface area contributed by atoms with Crippen LogP contribution in [0.15, 0.2) is 71.2 Å². The van der Waals surface area contributed by atoms with E-state index in [1.165, 1.54) is 35.7 Å². The lowest BCUT2D eigenvalue weighted by Crippen LogP contribution is -2.47. The third-order valence-electron chi connectivity index (χ3n) is 6.74. The molecule has 1 amide bonds. The van der Waals surface area contributed by atoms with Crippen molar-refractivity contribution in [2.24, 2.45) is 0 Å². The Morgan fingerprint density at radius 1 is 1.19 bits per heavy atom. The molecule has 0 unspecified atom stereocenters. The number of fused-ring (bicyclic) bond motifs is 1. The molecule has 2 aromatic heterocycles. The number of nitrogens with zero attached hydrogens (tertiary/aromatic N) is 3. The van der Waals surface area contributed by atoms with Gasteiger partial charge in [-0.1, -0.05) is 18.2 Å². The molecule has 0 spiro atoms. The van der Waals surface area contributed by atoms with E-state index in [1.807, 2.05) is 0 Å². The number of carbonyl (C=O) groups excluding carboxylic acids is 1. The van der Waals surface area contributed by atoms with Gasteiger partial charge in [0.05, 0.1) is 16.0 Å². The molecular weight excluding hydrogens is 503 g/mol. The number of rotatable bonds is 6. The van der Waals surface area contributed by atoms with Gasteiger partial charge in [-0.25, -0.2) is 17.8 Å². The minimum absolute atomic E-state index is 0. The fourth-order valence-corrected chi connectivity index (χ4v) is 6.44. The van der Waals surface area contributed by atoms with E-state index >= 15 is 0 Å². The summed E-state index contributed by atoms with van der Waals surface area (Å²) >= 11 is 1.18. The first-order chi connectivity index (χ1) is 17.2. The van der Waals surface area contributed by atoms with Crippen molar-refractivity contribution < 1.29 is 27.0 Å². The van der Waals surface area contributed by atoms with Crippen molar-refractivity contribution in [3.05, 3.63) is 77.7 Å². The maximum Gasteiger partial charge on any atom is 0.263 e. The highest BCUT2D eigenvalue weighted by molar-refractivity contribution is 7.93. The molecule has 0 saturated carbocycles. The number of likely N-dealkylation sites (tertiary alicyclic amines) is 1. The van der Waals surface area contributed by atoms with Gasteiger partial charge in [-0.05, 0) is 55.7 Å². The third-order valence-corrected chi connectivity index (χ3v) is 8.92. The van der Waals surface area contributed by atoms with Crippen LogP contribution in [0.4, 0.5) is 9.52 Å². The number of carbonyl (C=O) groups is 1. The fourth-order valence-electron chi connectivity index (χ4n) is 4.65. The second-order valence-electron chi connectivity index (χ2n) is 8.90. The van der Waals surface area contributed by atoms with Crippen LogP contribution in [0.3, 0.4) is 0 Å².